The van der Waals surface area contributed by atoms with Crippen molar-refractivity contribution in [3.05, 3.63) is 0 Å². The van der Waals surface area contributed by atoms with Gasteiger partial charge in [-0.1, -0.05) is 0 Å². The van der Waals surface area contributed by atoms with Crippen LogP contribution in [0.5, 0.6) is 0 Å². The minimum atomic E-state index is 0.346. The van der Waals surface area contributed by atoms with E-state index in [0.717, 1.165) is 19.7 Å². The summed E-state index contributed by atoms with van der Waals surface area (Å²) in [5.74, 6) is 0. The Morgan fingerprint density at radius 2 is 2.31 bits per heavy atom. The van der Waals surface area contributed by atoms with Crippen LogP contribution in [-0.2, 0) is 4.74 Å². The maximum absolute atomic E-state index is 5.53. The van der Waals surface area contributed by atoms with Crippen LogP contribution in [0.3, 0.4) is 0 Å². The van der Waals surface area contributed by atoms with E-state index in [1.807, 2.05) is 11.8 Å². The number of nitrogens with one attached hydrogen (secondary N) is 1. The zero-order valence-electron chi connectivity index (χ0n) is 8.93. The van der Waals surface area contributed by atoms with E-state index in [4.69, 9.17) is 4.74 Å². The van der Waals surface area contributed by atoms with Gasteiger partial charge in [-0.2, -0.15) is 11.8 Å². The molecule has 2 nitrogen and oxygen atoms in total. The van der Waals surface area contributed by atoms with E-state index in [-0.39, 0.29) is 0 Å². The van der Waals surface area contributed by atoms with Gasteiger partial charge in [-0.3, -0.25) is 0 Å². The van der Waals surface area contributed by atoms with Crippen molar-refractivity contribution in [1.82, 2.24) is 5.32 Å². The first kappa shape index (κ1) is 11.3. The molecule has 0 aromatic heterocycles. The summed E-state index contributed by atoms with van der Waals surface area (Å²) >= 11 is 1.91. The Bertz CT molecular complexity index is 144. The molecule has 0 radical (unpaired) electrons. The molecule has 0 aliphatic carbocycles. The first-order chi connectivity index (χ1) is 6.14. The van der Waals surface area contributed by atoms with Crippen LogP contribution in [0.15, 0.2) is 0 Å². The Morgan fingerprint density at radius 3 is 2.85 bits per heavy atom. The van der Waals surface area contributed by atoms with E-state index in [1.54, 1.807) is 0 Å². The van der Waals surface area contributed by atoms with Gasteiger partial charge < -0.3 is 10.1 Å². The summed E-state index contributed by atoms with van der Waals surface area (Å²) in [5, 5.41) is 3.47. The van der Waals surface area contributed by atoms with Gasteiger partial charge in [0.2, 0.25) is 0 Å². The van der Waals surface area contributed by atoms with Crippen LogP contribution in [0, 0.1) is 0 Å². The highest BCUT2D eigenvalue weighted by molar-refractivity contribution is 7.99. The highest BCUT2D eigenvalue weighted by Crippen LogP contribution is 2.19. The standard InChI is InChI=1S/C10H21NOS/c1-10(2,13-3)8-11-7-9-5-4-6-12-9/h9,11H,4-8H2,1-3H3. The molecule has 1 fully saturated rings. The average Bonchev–Trinajstić information content (AvgIpc) is 2.57. The summed E-state index contributed by atoms with van der Waals surface area (Å²) in [4.78, 5) is 0. The van der Waals surface area contributed by atoms with Crippen LogP contribution < -0.4 is 5.32 Å². The third-order valence-electron chi connectivity index (χ3n) is 2.50. The molecule has 0 aromatic carbocycles. The molecular weight excluding hydrogens is 182 g/mol. The first-order valence-electron chi connectivity index (χ1n) is 5.01. The number of thioether (sulfide) groups is 1. The second kappa shape index (κ2) is 5.23. The summed E-state index contributed by atoms with van der Waals surface area (Å²) in [6.45, 7) is 7.57. The van der Waals surface area contributed by atoms with Crippen molar-refractivity contribution in [2.75, 3.05) is 26.0 Å². The van der Waals surface area contributed by atoms with Crippen molar-refractivity contribution in [3.8, 4) is 0 Å². The summed E-state index contributed by atoms with van der Waals surface area (Å²) in [6, 6.07) is 0. The molecule has 0 bridgehead atoms. The first-order valence-corrected chi connectivity index (χ1v) is 6.24. The number of hydrogen-bond donors (Lipinski definition) is 1. The molecule has 1 aliphatic heterocycles. The minimum absolute atomic E-state index is 0.346. The van der Waals surface area contributed by atoms with Crippen LogP contribution >= 0.6 is 11.8 Å². The zero-order chi connectivity index (χ0) is 9.73. The minimum Gasteiger partial charge on any atom is -0.377 e. The fourth-order valence-corrected chi connectivity index (χ4v) is 1.66. The van der Waals surface area contributed by atoms with Crippen LogP contribution in [0.4, 0.5) is 0 Å². The third-order valence-corrected chi connectivity index (χ3v) is 3.75. The maximum atomic E-state index is 5.53. The quantitative estimate of drug-likeness (QED) is 0.737. The van der Waals surface area contributed by atoms with Gasteiger partial charge in [0.05, 0.1) is 6.10 Å². The predicted molar refractivity (Wildman–Crippen MR) is 59.4 cm³/mol. The van der Waals surface area contributed by atoms with E-state index >= 15 is 0 Å². The second-order valence-electron chi connectivity index (χ2n) is 4.23. The molecule has 1 aliphatic rings. The Labute approximate surface area is 85.8 Å². The number of rotatable bonds is 5. The molecule has 0 saturated carbocycles. The van der Waals surface area contributed by atoms with Gasteiger partial charge in [-0.25, -0.2) is 0 Å². The molecule has 3 heteroatoms. The number of ether oxygens (including phenoxy) is 1. The molecule has 13 heavy (non-hydrogen) atoms. The normalized spacial score (nSPS) is 23.8. The van der Waals surface area contributed by atoms with Gasteiger partial charge in [0.25, 0.3) is 0 Å². The monoisotopic (exact) mass is 203 g/mol. The smallest absolute Gasteiger partial charge is 0.0700 e. The molecule has 1 rings (SSSR count). The predicted octanol–water partition coefficient (Wildman–Crippen LogP) is 1.90. The van der Waals surface area contributed by atoms with Crippen molar-refractivity contribution in [2.45, 2.75) is 37.5 Å². The molecule has 1 atom stereocenters. The van der Waals surface area contributed by atoms with Crippen molar-refractivity contribution in [2.24, 2.45) is 0 Å². The van der Waals surface area contributed by atoms with Crippen molar-refractivity contribution < 1.29 is 4.74 Å². The summed E-state index contributed by atoms with van der Waals surface area (Å²) < 4.78 is 5.88. The lowest BCUT2D eigenvalue weighted by Gasteiger charge is -2.23. The maximum Gasteiger partial charge on any atom is 0.0700 e. The van der Waals surface area contributed by atoms with E-state index in [0.29, 0.717) is 10.9 Å². The fourth-order valence-electron chi connectivity index (χ4n) is 1.41. The molecular formula is C10H21NOS. The topological polar surface area (TPSA) is 21.3 Å². The van der Waals surface area contributed by atoms with Crippen LogP contribution in [0.2, 0.25) is 0 Å². The molecule has 0 aromatic rings. The zero-order valence-corrected chi connectivity index (χ0v) is 9.75. The van der Waals surface area contributed by atoms with Gasteiger partial charge >= 0.3 is 0 Å². The van der Waals surface area contributed by atoms with E-state index in [2.05, 4.69) is 25.4 Å². The van der Waals surface area contributed by atoms with E-state index in [1.165, 1.54) is 12.8 Å². The molecule has 0 amide bonds. The summed E-state index contributed by atoms with van der Waals surface area (Å²) in [6.07, 6.45) is 5.09. The lowest BCUT2D eigenvalue weighted by molar-refractivity contribution is 0.110. The van der Waals surface area contributed by atoms with Gasteiger partial charge in [-0.05, 0) is 32.9 Å². The van der Waals surface area contributed by atoms with Crippen molar-refractivity contribution in [3.63, 3.8) is 0 Å². The molecule has 1 saturated heterocycles. The lowest BCUT2D eigenvalue weighted by Crippen LogP contribution is -2.36. The Hall–Kier alpha value is 0.270. The second-order valence-corrected chi connectivity index (χ2v) is 5.74. The highest BCUT2D eigenvalue weighted by atomic mass is 32.2. The van der Waals surface area contributed by atoms with Gasteiger partial charge in [0.1, 0.15) is 0 Å². The average molecular weight is 203 g/mol. The van der Waals surface area contributed by atoms with Crippen molar-refractivity contribution in [1.29, 1.82) is 0 Å². The number of hydrogen-bond acceptors (Lipinski definition) is 3. The van der Waals surface area contributed by atoms with E-state index < -0.39 is 0 Å². The van der Waals surface area contributed by atoms with E-state index in [9.17, 15) is 0 Å². The lowest BCUT2D eigenvalue weighted by atomic mass is 10.2. The Morgan fingerprint density at radius 1 is 1.54 bits per heavy atom. The SMILES string of the molecule is CSC(C)(C)CNCC1CCCO1. The molecule has 1 N–H and O–H groups in total. The van der Waals surface area contributed by atoms with Gasteiger partial charge in [0, 0.05) is 24.4 Å². The van der Waals surface area contributed by atoms with Crippen molar-refractivity contribution >= 4 is 11.8 Å². The summed E-state index contributed by atoms with van der Waals surface area (Å²) in [7, 11) is 0. The highest BCUT2D eigenvalue weighted by Gasteiger charge is 2.18. The molecule has 0 spiro atoms. The van der Waals surface area contributed by atoms with Crippen LogP contribution in [0.1, 0.15) is 26.7 Å². The van der Waals surface area contributed by atoms with Crippen LogP contribution in [0.25, 0.3) is 0 Å². The summed E-state index contributed by atoms with van der Waals surface area (Å²) in [5.41, 5.74) is 0. The molecule has 78 valence electrons. The van der Waals surface area contributed by atoms with Gasteiger partial charge in [0.15, 0.2) is 0 Å². The Balaban J connectivity index is 2.06. The Kier molecular flexibility index (Phi) is 4.56. The van der Waals surface area contributed by atoms with Gasteiger partial charge in [-0.15, -0.1) is 0 Å². The van der Waals surface area contributed by atoms with Crippen LogP contribution in [-0.4, -0.2) is 36.8 Å². The third kappa shape index (κ3) is 4.34. The molecule has 1 unspecified atom stereocenters. The largest absolute Gasteiger partial charge is 0.377 e. The fraction of sp³-hybridized carbons (Fsp3) is 1.00. The molecule has 1 heterocycles.